The average Bonchev–Trinajstić information content (AvgIpc) is 2.62. The monoisotopic (exact) mass is 398 g/mol. The van der Waals surface area contributed by atoms with Gasteiger partial charge in [-0.3, -0.25) is 5.32 Å². The number of rotatable bonds is 8. The molecule has 0 aliphatic rings. The molecule has 5 nitrogen and oxygen atoms in total. The number of carbonyl (C=O) groups excluding carboxylic acids is 1. The van der Waals surface area contributed by atoms with Crippen molar-refractivity contribution in [2.45, 2.75) is 58.8 Å². The second kappa shape index (κ2) is 10.3. The maximum absolute atomic E-state index is 11.8. The number of ether oxygens (including phenoxy) is 3. The number of nitrogens with one attached hydrogen (secondary N) is 1. The highest BCUT2D eigenvalue weighted by molar-refractivity contribution is 5.84. The summed E-state index contributed by atoms with van der Waals surface area (Å²) in [7, 11) is 0. The van der Waals surface area contributed by atoms with E-state index in [0.717, 1.165) is 23.3 Å². The molecule has 1 N–H and O–H groups in total. The minimum absolute atomic E-state index is 0.0431. The SMILES string of the molecule is [CH2][C@@H](Cc1ccc(OC(C)c2ccc(NC(=O)OC(C)(C)C)cc2)cc1)OCC. The van der Waals surface area contributed by atoms with Crippen LogP contribution in [0.3, 0.4) is 0 Å². The Labute approximate surface area is 174 Å². The standard InChI is InChI=1S/C24H32NO4/c1-7-27-17(2)16-19-8-14-22(15-9-19)28-18(3)20-10-12-21(13-11-20)25-23(26)29-24(4,5)6/h8-15,17-18H,2,7,16H2,1,3-6H3,(H,25,26)/t17-,18?/m0/s1. The topological polar surface area (TPSA) is 56.8 Å². The van der Waals surface area contributed by atoms with E-state index in [1.165, 1.54) is 0 Å². The maximum atomic E-state index is 11.8. The second-order valence-electron chi connectivity index (χ2n) is 7.93. The van der Waals surface area contributed by atoms with E-state index in [4.69, 9.17) is 14.2 Å². The van der Waals surface area contributed by atoms with Gasteiger partial charge in [0.2, 0.25) is 0 Å². The van der Waals surface area contributed by atoms with Crippen LogP contribution in [0.5, 0.6) is 5.75 Å². The summed E-state index contributed by atoms with van der Waals surface area (Å²) in [5.74, 6) is 0.800. The predicted octanol–water partition coefficient (Wildman–Crippen LogP) is 5.96. The van der Waals surface area contributed by atoms with E-state index < -0.39 is 11.7 Å². The van der Waals surface area contributed by atoms with Crippen molar-refractivity contribution in [2.75, 3.05) is 11.9 Å². The van der Waals surface area contributed by atoms with Crippen LogP contribution in [0.15, 0.2) is 48.5 Å². The first-order valence-corrected chi connectivity index (χ1v) is 9.96. The molecule has 0 bridgehead atoms. The van der Waals surface area contributed by atoms with Crippen LogP contribution in [0.4, 0.5) is 10.5 Å². The van der Waals surface area contributed by atoms with E-state index in [-0.39, 0.29) is 12.2 Å². The lowest BCUT2D eigenvalue weighted by Crippen LogP contribution is -2.27. The zero-order valence-corrected chi connectivity index (χ0v) is 18.0. The summed E-state index contributed by atoms with van der Waals surface area (Å²) in [6, 6.07) is 15.5. The van der Waals surface area contributed by atoms with E-state index in [0.29, 0.717) is 12.3 Å². The van der Waals surface area contributed by atoms with Crippen LogP contribution < -0.4 is 10.1 Å². The molecule has 2 atom stereocenters. The zero-order valence-electron chi connectivity index (χ0n) is 18.0. The molecule has 0 aromatic heterocycles. The number of hydrogen-bond donors (Lipinski definition) is 1. The molecule has 29 heavy (non-hydrogen) atoms. The Morgan fingerprint density at radius 2 is 1.69 bits per heavy atom. The van der Waals surface area contributed by atoms with Crippen LogP contribution in [0.25, 0.3) is 0 Å². The van der Waals surface area contributed by atoms with Crippen molar-refractivity contribution in [3.63, 3.8) is 0 Å². The Kier molecular flexibility index (Phi) is 8.09. The predicted molar refractivity (Wildman–Crippen MR) is 116 cm³/mol. The molecule has 0 heterocycles. The highest BCUT2D eigenvalue weighted by atomic mass is 16.6. The Balaban J connectivity index is 1.90. The fourth-order valence-electron chi connectivity index (χ4n) is 2.79. The van der Waals surface area contributed by atoms with Gasteiger partial charge in [0.15, 0.2) is 0 Å². The Bertz CT molecular complexity index is 763. The van der Waals surface area contributed by atoms with Crippen molar-refractivity contribution in [1.82, 2.24) is 0 Å². The summed E-state index contributed by atoms with van der Waals surface area (Å²) in [5.41, 5.74) is 2.32. The summed E-state index contributed by atoms with van der Waals surface area (Å²) in [4.78, 5) is 11.8. The number of carbonyl (C=O) groups is 1. The number of hydrogen-bond acceptors (Lipinski definition) is 4. The van der Waals surface area contributed by atoms with Crippen LogP contribution in [0, 0.1) is 6.92 Å². The summed E-state index contributed by atoms with van der Waals surface area (Å²) < 4.78 is 16.8. The molecule has 0 spiro atoms. The normalized spacial score (nSPS) is 13.4. The fourth-order valence-corrected chi connectivity index (χ4v) is 2.79. The molecule has 0 aliphatic carbocycles. The lowest BCUT2D eigenvalue weighted by Gasteiger charge is -2.20. The van der Waals surface area contributed by atoms with Crippen molar-refractivity contribution < 1.29 is 19.0 Å². The van der Waals surface area contributed by atoms with Crippen LogP contribution in [0.1, 0.15) is 51.8 Å². The van der Waals surface area contributed by atoms with Gasteiger partial charge in [0.25, 0.3) is 0 Å². The van der Waals surface area contributed by atoms with Gasteiger partial charge >= 0.3 is 6.09 Å². The Morgan fingerprint density at radius 3 is 2.24 bits per heavy atom. The maximum Gasteiger partial charge on any atom is 0.412 e. The van der Waals surface area contributed by atoms with E-state index in [1.54, 1.807) is 0 Å². The van der Waals surface area contributed by atoms with Gasteiger partial charge in [-0.05, 0) is 83.4 Å². The molecular formula is C24H32NO4. The molecule has 1 unspecified atom stereocenters. The van der Waals surface area contributed by atoms with E-state index in [1.807, 2.05) is 83.1 Å². The van der Waals surface area contributed by atoms with Crippen LogP contribution in [-0.2, 0) is 15.9 Å². The van der Waals surface area contributed by atoms with E-state index >= 15 is 0 Å². The first-order chi connectivity index (χ1) is 13.7. The Hall–Kier alpha value is -2.53. The lowest BCUT2D eigenvalue weighted by atomic mass is 10.1. The van der Waals surface area contributed by atoms with Crippen LogP contribution in [0.2, 0.25) is 0 Å². The van der Waals surface area contributed by atoms with Crippen molar-refractivity contribution in [1.29, 1.82) is 0 Å². The highest BCUT2D eigenvalue weighted by Crippen LogP contribution is 2.24. The van der Waals surface area contributed by atoms with Gasteiger partial charge in [-0.1, -0.05) is 24.3 Å². The van der Waals surface area contributed by atoms with Gasteiger partial charge in [-0.25, -0.2) is 4.79 Å². The van der Waals surface area contributed by atoms with Gasteiger partial charge in [-0.2, -0.15) is 0 Å². The molecule has 2 aromatic rings. The second-order valence-corrected chi connectivity index (χ2v) is 7.93. The number of benzene rings is 2. The van der Waals surface area contributed by atoms with Crippen molar-refractivity contribution >= 4 is 11.8 Å². The molecule has 5 heteroatoms. The summed E-state index contributed by atoms with van der Waals surface area (Å²) in [5, 5.41) is 2.73. The van der Waals surface area contributed by atoms with E-state index in [9.17, 15) is 4.79 Å². The number of anilines is 1. The highest BCUT2D eigenvalue weighted by Gasteiger charge is 2.16. The molecule has 0 saturated carbocycles. The first kappa shape index (κ1) is 22.8. The summed E-state index contributed by atoms with van der Waals surface area (Å²) >= 11 is 0. The smallest absolute Gasteiger partial charge is 0.412 e. The van der Waals surface area contributed by atoms with E-state index in [2.05, 4.69) is 12.2 Å². The minimum Gasteiger partial charge on any atom is -0.486 e. The molecule has 1 radical (unpaired) electrons. The number of amides is 1. The summed E-state index contributed by atoms with van der Waals surface area (Å²) in [6.07, 6.45) is 0.137. The fraction of sp³-hybridized carbons (Fsp3) is 0.417. The van der Waals surface area contributed by atoms with Gasteiger partial charge in [-0.15, -0.1) is 0 Å². The first-order valence-electron chi connectivity index (χ1n) is 9.96. The molecule has 0 aliphatic heterocycles. The quantitative estimate of drug-likeness (QED) is 0.596. The van der Waals surface area contributed by atoms with Gasteiger partial charge < -0.3 is 14.2 Å². The molecule has 2 aromatic carbocycles. The Morgan fingerprint density at radius 1 is 1.07 bits per heavy atom. The minimum atomic E-state index is -0.528. The van der Waals surface area contributed by atoms with Crippen molar-refractivity contribution in [3.05, 3.63) is 66.6 Å². The summed E-state index contributed by atoms with van der Waals surface area (Å²) in [6.45, 7) is 14.1. The molecule has 0 fully saturated rings. The third kappa shape index (κ3) is 8.16. The molecular weight excluding hydrogens is 366 g/mol. The third-order valence-corrected chi connectivity index (χ3v) is 4.13. The van der Waals surface area contributed by atoms with Crippen molar-refractivity contribution in [2.24, 2.45) is 0 Å². The lowest BCUT2D eigenvalue weighted by molar-refractivity contribution is 0.0636. The van der Waals surface area contributed by atoms with Crippen LogP contribution in [-0.4, -0.2) is 24.4 Å². The van der Waals surface area contributed by atoms with Crippen LogP contribution >= 0.6 is 0 Å². The largest absolute Gasteiger partial charge is 0.486 e. The van der Waals surface area contributed by atoms with Gasteiger partial charge in [0.1, 0.15) is 17.5 Å². The third-order valence-electron chi connectivity index (χ3n) is 4.13. The van der Waals surface area contributed by atoms with Gasteiger partial charge in [0, 0.05) is 12.3 Å². The molecule has 2 rings (SSSR count). The molecule has 1 amide bonds. The average molecular weight is 399 g/mol. The zero-order chi connectivity index (χ0) is 21.4. The molecule has 157 valence electrons. The van der Waals surface area contributed by atoms with Crippen molar-refractivity contribution in [3.8, 4) is 5.75 Å². The van der Waals surface area contributed by atoms with Gasteiger partial charge in [0.05, 0.1) is 6.10 Å². The molecule has 0 saturated heterocycles.